The van der Waals surface area contributed by atoms with Gasteiger partial charge < -0.3 is 14.4 Å². The largest absolute Gasteiger partial charge is 0.419 e. The van der Waals surface area contributed by atoms with Crippen molar-refractivity contribution in [1.29, 1.82) is 0 Å². The first-order valence-corrected chi connectivity index (χ1v) is 8.64. The Hall–Kier alpha value is -1.76. The number of β-amino-alcohol motifs (C(OH)–C–C–N with tert-alkyl or cyclic N) is 1. The van der Waals surface area contributed by atoms with E-state index in [-0.39, 0.29) is 6.61 Å². The third-order valence-electron chi connectivity index (χ3n) is 4.59. The van der Waals surface area contributed by atoms with Gasteiger partial charge in [0.05, 0.1) is 13.2 Å². The molecule has 0 bridgehead atoms. The maximum atomic E-state index is 9.01. The van der Waals surface area contributed by atoms with E-state index in [9.17, 15) is 0 Å². The Labute approximate surface area is 143 Å². The van der Waals surface area contributed by atoms with Gasteiger partial charge in [0.1, 0.15) is 0 Å². The van der Waals surface area contributed by atoms with Crippen LogP contribution in [0.4, 0.5) is 0 Å². The van der Waals surface area contributed by atoms with E-state index in [1.54, 1.807) is 0 Å². The summed E-state index contributed by atoms with van der Waals surface area (Å²) in [6, 6.07) is 9.85. The standard InChI is InChI=1S/C18H26N4O2/c1-21(13-15-7-9-22(10-8-15)11-12-23)14-17-19-20-18(24-17)16-5-3-2-4-6-16/h2-6,15,23H,7-14H2,1H3. The minimum absolute atomic E-state index is 0.255. The van der Waals surface area contributed by atoms with Crippen molar-refractivity contribution in [3.8, 4) is 11.5 Å². The molecule has 3 rings (SSSR count). The van der Waals surface area contributed by atoms with Crippen LogP contribution in [-0.4, -0.2) is 64.9 Å². The molecule has 1 N–H and O–H groups in total. The van der Waals surface area contributed by atoms with Crippen LogP contribution in [0.2, 0.25) is 0 Å². The summed E-state index contributed by atoms with van der Waals surface area (Å²) in [6.45, 7) is 4.93. The first kappa shape index (κ1) is 17.1. The lowest BCUT2D eigenvalue weighted by Gasteiger charge is -2.33. The molecule has 0 atom stereocenters. The van der Waals surface area contributed by atoms with Gasteiger partial charge in [-0.3, -0.25) is 4.90 Å². The molecule has 6 nitrogen and oxygen atoms in total. The van der Waals surface area contributed by atoms with E-state index < -0.39 is 0 Å². The van der Waals surface area contributed by atoms with Crippen molar-refractivity contribution < 1.29 is 9.52 Å². The molecular weight excluding hydrogens is 304 g/mol. The van der Waals surface area contributed by atoms with Gasteiger partial charge in [-0.05, 0) is 51.0 Å². The van der Waals surface area contributed by atoms with Gasteiger partial charge in [-0.25, -0.2) is 0 Å². The van der Waals surface area contributed by atoms with E-state index in [0.717, 1.165) is 31.7 Å². The van der Waals surface area contributed by atoms with Crippen molar-refractivity contribution in [2.24, 2.45) is 5.92 Å². The van der Waals surface area contributed by atoms with Crippen molar-refractivity contribution in [3.05, 3.63) is 36.2 Å². The molecule has 0 spiro atoms. The van der Waals surface area contributed by atoms with Crippen molar-refractivity contribution >= 4 is 0 Å². The van der Waals surface area contributed by atoms with Crippen LogP contribution in [-0.2, 0) is 6.54 Å². The average molecular weight is 330 g/mol. The summed E-state index contributed by atoms with van der Waals surface area (Å²) in [6.07, 6.45) is 2.37. The molecule has 0 radical (unpaired) electrons. The third kappa shape index (κ3) is 4.63. The normalized spacial score (nSPS) is 16.8. The van der Waals surface area contributed by atoms with Gasteiger partial charge >= 0.3 is 0 Å². The zero-order chi connectivity index (χ0) is 16.8. The van der Waals surface area contributed by atoms with E-state index in [1.165, 1.54) is 12.8 Å². The first-order chi connectivity index (χ1) is 11.7. The molecule has 0 unspecified atom stereocenters. The van der Waals surface area contributed by atoms with E-state index >= 15 is 0 Å². The lowest BCUT2D eigenvalue weighted by Crippen LogP contribution is -2.38. The fraction of sp³-hybridized carbons (Fsp3) is 0.556. The third-order valence-corrected chi connectivity index (χ3v) is 4.59. The number of benzene rings is 1. The number of aliphatic hydroxyl groups excluding tert-OH is 1. The van der Waals surface area contributed by atoms with Crippen LogP contribution in [0.1, 0.15) is 18.7 Å². The van der Waals surface area contributed by atoms with Crippen LogP contribution in [0.25, 0.3) is 11.5 Å². The molecule has 1 aromatic carbocycles. The maximum Gasteiger partial charge on any atom is 0.247 e. The predicted octanol–water partition coefficient (Wildman–Crippen LogP) is 1.87. The fourth-order valence-electron chi connectivity index (χ4n) is 3.29. The Morgan fingerprint density at radius 2 is 1.96 bits per heavy atom. The highest BCUT2D eigenvalue weighted by atomic mass is 16.4. The van der Waals surface area contributed by atoms with Gasteiger partial charge in [0, 0.05) is 18.7 Å². The Morgan fingerprint density at radius 1 is 1.21 bits per heavy atom. The highest BCUT2D eigenvalue weighted by Crippen LogP contribution is 2.20. The van der Waals surface area contributed by atoms with Gasteiger partial charge in [-0.15, -0.1) is 10.2 Å². The van der Waals surface area contributed by atoms with Crippen molar-refractivity contribution in [2.75, 3.05) is 39.8 Å². The fourth-order valence-corrected chi connectivity index (χ4v) is 3.29. The Bertz CT molecular complexity index is 608. The monoisotopic (exact) mass is 330 g/mol. The second-order valence-electron chi connectivity index (χ2n) is 6.57. The quantitative estimate of drug-likeness (QED) is 0.836. The number of hydrogen-bond donors (Lipinski definition) is 1. The van der Waals surface area contributed by atoms with Crippen LogP contribution in [0.15, 0.2) is 34.7 Å². The molecule has 24 heavy (non-hydrogen) atoms. The summed E-state index contributed by atoms with van der Waals surface area (Å²) >= 11 is 0. The molecule has 0 aliphatic carbocycles. The highest BCUT2D eigenvalue weighted by Gasteiger charge is 2.20. The van der Waals surface area contributed by atoms with E-state index in [4.69, 9.17) is 9.52 Å². The zero-order valence-corrected chi connectivity index (χ0v) is 14.3. The number of likely N-dealkylation sites (tertiary alicyclic amines) is 1. The summed E-state index contributed by atoms with van der Waals surface area (Å²) < 4.78 is 5.78. The molecular formula is C18H26N4O2. The molecule has 2 aromatic rings. The van der Waals surface area contributed by atoms with Crippen LogP contribution in [0, 0.1) is 5.92 Å². The van der Waals surface area contributed by atoms with Gasteiger partial charge in [-0.1, -0.05) is 18.2 Å². The van der Waals surface area contributed by atoms with Gasteiger partial charge in [0.2, 0.25) is 11.8 Å². The second-order valence-corrected chi connectivity index (χ2v) is 6.57. The number of aliphatic hydroxyl groups is 1. The topological polar surface area (TPSA) is 65.6 Å². The minimum Gasteiger partial charge on any atom is -0.419 e. The molecule has 0 amide bonds. The number of piperidine rings is 1. The van der Waals surface area contributed by atoms with E-state index in [2.05, 4.69) is 27.0 Å². The van der Waals surface area contributed by atoms with Gasteiger partial charge in [0.25, 0.3) is 0 Å². The van der Waals surface area contributed by atoms with Gasteiger partial charge in [0.15, 0.2) is 0 Å². The van der Waals surface area contributed by atoms with Crippen LogP contribution in [0.5, 0.6) is 0 Å². The average Bonchev–Trinajstić information content (AvgIpc) is 3.06. The number of aromatic nitrogens is 2. The Kier molecular flexibility index (Phi) is 5.96. The van der Waals surface area contributed by atoms with Crippen molar-refractivity contribution in [2.45, 2.75) is 19.4 Å². The van der Waals surface area contributed by atoms with E-state index in [1.807, 2.05) is 30.3 Å². The zero-order valence-electron chi connectivity index (χ0n) is 14.3. The number of nitrogens with zero attached hydrogens (tertiary/aromatic N) is 4. The molecule has 1 aromatic heterocycles. The van der Waals surface area contributed by atoms with Crippen LogP contribution in [0.3, 0.4) is 0 Å². The molecule has 0 saturated carbocycles. The summed E-state index contributed by atoms with van der Waals surface area (Å²) in [5.41, 5.74) is 0.954. The lowest BCUT2D eigenvalue weighted by atomic mass is 9.96. The lowest BCUT2D eigenvalue weighted by molar-refractivity contribution is 0.127. The van der Waals surface area contributed by atoms with Crippen molar-refractivity contribution in [1.82, 2.24) is 20.0 Å². The first-order valence-electron chi connectivity index (χ1n) is 8.64. The summed E-state index contributed by atoms with van der Waals surface area (Å²) in [5.74, 6) is 1.94. The van der Waals surface area contributed by atoms with E-state index in [0.29, 0.717) is 24.2 Å². The number of hydrogen-bond acceptors (Lipinski definition) is 6. The van der Waals surface area contributed by atoms with Crippen LogP contribution >= 0.6 is 0 Å². The molecule has 1 saturated heterocycles. The highest BCUT2D eigenvalue weighted by molar-refractivity contribution is 5.51. The SMILES string of the molecule is CN(Cc1nnc(-c2ccccc2)o1)CC1CCN(CCO)CC1. The van der Waals surface area contributed by atoms with Gasteiger partial charge in [-0.2, -0.15) is 0 Å². The minimum atomic E-state index is 0.255. The predicted molar refractivity (Wildman–Crippen MR) is 92.3 cm³/mol. The maximum absolute atomic E-state index is 9.01. The summed E-state index contributed by atoms with van der Waals surface area (Å²) in [5, 5.41) is 17.3. The summed E-state index contributed by atoms with van der Waals surface area (Å²) in [4.78, 5) is 4.59. The van der Waals surface area contributed by atoms with Crippen LogP contribution < -0.4 is 0 Å². The molecule has 130 valence electrons. The molecule has 1 aliphatic rings. The number of rotatable bonds is 7. The second kappa shape index (κ2) is 8.37. The molecule has 1 aliphatic heterocycles. The molecule has 1 fully saturated rings. The molecule has 2 heterocycles. The van der Waals surface area contributed by atoms with Crippen molar-refractivity contribution in [3.63, 3.8) is 0 Å². The molecule has 6 heteroatoms. The summed E-state index contributed by atoms with van der Waals surface area (Å²) in [7, 11) is 2.10. The Morgan fingerprint density at radius 3 is 2.67 bits per heavy atom. The Balaban J connectivity index is 1.47. The smallest absolute Gasteiger partial charge is 0.247 e.